The van der Waals surface area contributed by atoms with Crippen molar-refractivity contribution in [3.05, 3.63) is 23.3 Å². The van der Waals surface area contributed by atoms with E-state index in [1.54, 1.807) is 0 Å². The Morgan fingerprint density at radius 3 is 1.76 bits per heavy atom. The molecule has 6 atom stereocenters. The molecule has 0 aromatic rings. The summed E-state index contributed by atoms with van der Waals surface area (Å²) in [5.74, 6) is 1.34. The van der Waals surface area contributed by atoms with Gasteiger partial charge >= 0.3 is 0 Å². The molecule has 1 aliphatic carbocycles. The number of allylic oxidation sites excluding steroid dienone is 3. The van der Waals surface area contributed by atoms with E-state index in [-0.39, 0.29) is 10.8 Å². The van der Waals surface area contributed by atoms with Crippen molar-refractivity contribution in [3.63, 3.8) is 0 Å². The van der Waals surface area contributed by atoms with E-state index >= 15 is 0 Å². The maximum Gasteiger partial charge on any atom is 0.0653 e. The molecule has 0 heterocycles. The van der Waals surface area contributed by atoms with Crippen LogP contribution in [0.25, 0.3) is 0 Å². The summed E-state index contributed by atoms with van der Waals surface area (Å²) in [6, 6.07) is 0. The van der Waals surface area contributed by atoms with Crippen molar-refractivity contribution in [3.8, 4) is 0 Å². The molecule has 2 unspecified atom stereocenters. The molecule has 46 heavy (non-hydrogen) atoms. The van der Waals surface area contributed by atoms with Gasteiger partial charge in [0.2, 0.25) is 0 Å². The van der Waals surface area contributed by atoms with Gasteiger partial charge in [0.25, 0.3) is 0 Å². The molecule has 0 aromatic heterocycles. The van der Waals surface area contributed by atoms with Crippen molar-refractivity contribution in [1.29, 1.82) is 0 Å². The van der Waals surface area contributed by atoms with Gasteiger partial charge in [-0.2, -0.15) is 0 Å². The topological polar surface area (TPSA) is 40.5 Å². The molecule has 272 valence electrons. The predicted molar refractivity (Wildman–Crippen MR) is 205 cm³/mol. The molecule has 0 spiro atoms. The smallest absolute Gasteiger partial charge is 0.0653 e. The van der Waals surface area contributed by atoms with E-state index in [1.807, 2.05) is 0 Å². The second-order valence-electron chi connectivity index (χ2n) is 16.5. The van der Waals surface area contributed by atoms with Gasteiger partial charge in [0.1, 0.15) is 0 Å². The molecule has 0 aromatic carbocycles. The number of aliphatic hydroxyl groups is 2. The number of hydrogen-bond acceptors (Lipinski definition) is 2. The summed E-state index contributed by atoms with van der Waals surface area (Å²) in [4.78, 5) is 0. The fourth-order valence-electron chi connectivity index (χ4n) is 9.49. The van der Waals surface area contributed by atoms with Crippen LogP contribution in [0.2, 0.25) is 0 Å². The molecule has 2 heteroatoms. The van der Waals surface area contributed by atoms with E-state index < -0.39 is 12.2 Å². The van der Waals surface area contributed by atoms with Gasteiger partial charge < -0.3 is 10.2 Å². The minimum atomic E-state index is -0.493. The van der Waals surface area contributed by atoms with Gasteiger partial charge in [-0.1, -0.05) is 195 Å². The lowest BCUT2D eigenvalue weighted by atomic mass is 9.50. The monoisotopic (exact) mass is 645 g/mol. The summed E-state index contributed by atoms with van der Waals surface area (Å²) in [6.07, 6.45) is 33.3. The third-order valence-electron chi connectivity index (χ3n) is 13.2. The average Bonchev–Trinajstić information content (AvgIpc) is 3.03. The first-order valence-electron chi connectivity index (χ1n) is 20.7. The lowest BCUT2D eigenvalue weighted by molar-refractivity contribution is -0.0206. The first-order valence-corrected chi connectivity index (χ1v) is 20.7. The zero-order valence-corrected chi connectivity index (χ0v) is 33.1. The van der Waals surface area contributed by atoms with E-state index in [2.05, 4.69) is 81.4 Å². The Hall–Kier alpha value is -0.600. The highest BCUT2D eigenvalue weighted by molar-refractivity contribution is 5.28. The molecule has 0 amide bonds. The molecule has 1 fully saturated rings. The van der Waals surface area contributed by atoms with Crippen LogP contribution in [-0.2, 0) is 0 Å². The Balaban J connectivity index is 3.62. The first kappa shape index (κ1) is 43.4. The molecule has 0 saturated heterocycles. The molecule has 1 saturated carbocycles. The first-order chi connectivity index (χ1) is 21.9. The number of unbranched alkanes of at least 4 members (excludes halogenated alkanes) is 12. The Kier molecular flexibility index (Phi) is 21.6. The predicted octanol–water partition coefficient (Wildman–Crippen LogP) is 13.9. The average molecular weight is 645 g/mol. The number of aliphatic hydroxyl groups excluding tert-OH is 2. The van der Waals surface area contributed by atoms with Crippen molar-refractivity contribution in [2.75, 3.05) is 0 Å². The highest BCUT2D eigenvalue weighted by atomic mass is 16.3. The van der Waals surface area contributed by atoms with Gasteiger partial charge in [-0.3, -0.25) is 0 Å². The molecule has 0 aliphatic heterocycles. The maximum absolute atomic E-state index is 10.9. The quantitative estimate of drug-likeness (QED) is 0.0920. The summed E-state index contributed by atoms with van der Waals surface area (Å²) in [6.45, 7) is 24.0. The number of hydrogen-bond donors (Lipinski definition) is 2. The fourth-order valence-corrected chi connectivity index (χ4v) is 9.49. The molecule has 0 radical (unpaired) electrons. The van der Waals surface area contributed by atoms with E-state index in [9.17, 15) is 10.2 Å². The zero-order valence-electron chi connectivity index (χ0n) is 33.1. The van der Waals surface area contributed by atoms with E-state index in [1.165, 1.54) is 146 Å². The summed E-state index contributed by atoms with van der Waals surface area (Å²) >= 11 is 0. The van der Waals surface area contributed by atoms with Crippen molar-refractivity contribution in [1.82, 2.24) is 0 Å². The lowest BCUT2D eigenvalue weighted by Crippen LogP contribution is -2.46. The summed E-state index contributed by atoms with van der Waals surface area (Å²) in [5, 5.41) is 21.4. The summed E-state index contributed by atoms with van der Waals surface area (Å²) in [7, 11) is 0. The minimum absolute atomic E-state index is 0.158. The van der Waals surface area contributed by atoms with Crippen LogP contribution in [0.1, 0.15) is 217 Å². The SMILES string of the molecule is CCCCCCCCC(C)[C@](CCCCCC)(CCCCCCC)C(C)[C@](CC)(CCC)/C(C)=C/C=C1\C[C@@H](O)C[C@H](O)C1(C)C. The summed E-state index contributed by atoms with van der Waals surface area (Å²) in [5.41, 5.74) is 2.94. The molecule has 2 N–H and O–H groups in total. The van der Waals surface area contributed by atoms with Gasteiger partial charge in [0.05, 0.1) is 12.2 Å². The highest BCUT2D eigenvalue weighted by Crippen LogP contribution is 2.58. The maximum atomic E-state index is 10.9. The zero-order chi connectivity index (χ0) is 34.6. The molecular formula is C44H84O2. The van der Waals surface area contributed by atoms with Crippen LogP contribution in [-0.4, -0.2) is 22.4 Å². The van der Waals surface area contributed by atoms with Crippen molar-refractivity contribution in [2.45, 2.75) is 229 Å². The fraction of sp³-hybridized carbons (Fsp3) is 0.909. The molecular weight excluding hydrogens is 560 g/mol. The minimum Gasteiger partial charge on any atom is -0.393 e. The molecule has 1 rings (SSSR count). The Morgan fingerprint density at radius 2 is 1.24 bits per heavy atom. The second-order valence-corrected chi connectivity index (χ2v) is 16.5. The van der Waals surface area contributed by atoms with Gasteiger partial charge in [-0.05, 0) is 61.7 Å². The third-order valence-corrected chi connectivity index (χ3v) is 13.2. The van der Waals surface area contributed by atoms with Crippen LogP contribution in [0.5, 0.6) is 0 Å². The second kappa shape index (κ2) is 22.9. The van der Waals surface area contributed by atoms with Crippen molar-refractivity contribution >= 4 is 0 Å². The third kappa shape index (κ3) is 12.7. The van der Waals surface area contributed by atoms with Gasteiger partial charge in [-0.15, -0.1) is 0 Å². The Bertz CT molecular complexity index is 839. The van der Waals surface area contributed by atoms with Gasteiger partial charge in [0.15, 0.2) is 0 Å². The van der Waals surface area contributed by atoms with Crippen LogP contribution in [0.4, 0.5) is 0 Å². The standard InChI is InChI=1S/C44H84O2/c1-11-16-19-22-23-25-28-36(6)44(32-26-21-18-13-3,33-27-24-20-17-12-2)38(8)43(15-5,31-14-4)37(7)29-30-39-34-40(45)35-41(46)42(39,9)10/h29-30,36,38,40-41,45-46H,11-28,31-35H2,1-10H3/b37-29+,39-30+/t36?,38?,40-,41+,43-,44+/m1/s1. The normalized spacial score (nSPS) is 23.7. The largest absolute Gasteiger partial charge is 0.393 e. The Morgan fingerprint density at radius 1 is 0.739 bits per heavy atom. The molecule has 0 bridgehead atoms. The van der Waals surface area contributed by atoms with Crippen LogP contribution in [0.15, 0.2) is 23.3 Å². The Labute approximate surface area is 290 Å². The van der Waals surface area contributed by atoms with Crippen LogP contribution in [0, 0.1) is 28.1 Å². The highest BCUT2D eigenvalue weighted by Gasteiger charge is 2.49. The van der Waals surface area contributed by atoms with Crippen LogP contribution in [0.3, 0.4) is 0 Å². The van der Waals surface area contributed by atoms with Crippen LogP contribution >= 0.6 is 0 Å². The van der Waals surface area contributed by atoms with E-state index in [0.717, 1.165) is 5.92 Å². The number of rotatable bonds is 26. The molecule has 2 nitrogen and oxygen atoms in total. The van der Waals surface area contributed by atoms with Crippen molar-refractivity contribution < 1.29 is 10.2 Å². The van der Waals surface area contributed by atoms with Gasteiger partial charge in [0, 0.05) is 11.8 Å². The van der Waals surface area contributed by atoms with Crippen molar-refractivity contribution in [2.24, 2.45) is 28.1 Å². The summed E-state index contributed by atoms with van der Waals surface area (Å²) < 4.78 is 0. The van der Waals surface area contributed by atoms with E-state index in [0.29, 0.717) is 24.2 Å². The lowest BCUT2D eigenvalue weighted by Gasteiger charge is -2.54. The van der Waals surface area contributed by atoms with Gasteiger partial charge in [-0.25, -0.2) is 0 Å². The van der Waals surface area contributed by atoms with Crippen LogP contribution < -0.4 is 0 Å². The van der Waals surface area contributed by atoms with E-state index in [4.69, 9.17) is 0 Å². The molecule has 1 aliphatic rings.